The Morgan fingerprint density at radius 3 is 3.12 bits per heavy atom. The van der Waals surface area contributed by atoms with Crippen LogP contribution in [0.15, 0.2) is 30.6 Å². The van der Waals surface area contributed by atoms with E-state index in [-0.39, 0.29) is 12.0 Å². The van der Waals surface area contributed by atoms with Crippen molar-refractivity contribution in [1.82, 2.24) is 9.78 Å². The van der Waals surface area contributed by atoms with E-state index in [1.165, 1.54) is 13.5 Å². The van der Waals surface area contributed by atoms with Gasteiger partial charge in [-0.25, -0.2) is 0 Å². The molecule has 0 radical (unpaired) electrons. The highest BCUT2D eigenvalue weighted by atomic mass is 35.5. The van der Waals surface area contributed by atoms with Gasteiger partial charge in [0.1, 0.15) is 5.75 Å². The Kier molecular flexibility index (Phi) is 5.37. The average molecular weight is 350 g/mol. The van der Waals surface area contributed by atoms with Gasteiger partial charge in [0.05, 0.1) is 37.2 Å². The van der Waals surface area contributed by atoms with Crippen molar-refractivity contribution in [2.75, 3.05) is 19.0 Å². The zero-order chi connectivity index (χ0) is 16.9. The zero-order valence-corrected chi connectivity index (χ0v) is 14.3. The Bertz CT molecular complexity index is 711. The maximum Gasteiger partial charge on any atom is 0.259 e. The van der Waals surface area contributed by atoms with Crippen LogP contribution in [-0.2, 0) is 11.3 Å². The zero-order valence-electron chi connectivity index (χ0n) is 13.5. The Labute approximate surface area is 145 Å². The number of hydrogen-bond acceptors (Lipinski definition) is 4. The Morgan fingerprint density at radius 1 is 1.50 bits per heavy atom. The Hall–Kier alpha value is -2.05. The lowest BCUT2D eigenvalue weighted by Crippen LogP contribution is -2.24. The number of methoxy groups -OCH3 is 1. The van der Waals surface area contributed by atoms with Crippen molar-refractivity contribution in [2.45, 2.75) is 31.9 Å². The van der Waals surface area contributed by atoms with Gasteiger partial charge in [-0.05, 0) is 37.5 Å². The van der Waals surface area contributed by atoms with Crippen molar-refractivity contribution in [2.24, 2.45) is 0 Å². The summed E-state index contributed by atoms with van der Waals surface area (Å²) >= 11 is 5.97. The highest BCUT2D eigenvalue weighted by Crippen LogP contribution is 2.24. The smallest absolute Gasteiger partial charge is 0.259 e. The minimum atomic E-state index is -0.289. The molecule has 2 heterocycles. The first-order chi connectivity index (χ1) is 11.7. The predicted octanol–water partition coefficient (Wildman–Crippen LogP) is 3.37. The number of rotatable bonds is 5. The molecule has 128 valence electrons. The van der Waals surface area contributed by atoms with E-state index in [0.717, 1.165) is 19.4 Å². The highest BCUT2D eigenvalue weighted by molar-refractivity contribution is 6.31. The molecular weight excluding hydrogens is 330 g/mol. The summed E-state index contributed by atoms with van der Waals surface area (Å²) in [5, 5.41) is 7.58. The van der Waals surface area contributed by atoms with Crippen molar-refractivity contribution < 1.29 is 14.3 Å². The molecule has 7 heteroatoms. The monoisotopic (exact) mass is 349 g/mol. The van der Waals surface area contributed by atoms with E-state index in [2.05, 4.69) is 10.4 Å². The van der Waals surface area contributed by atoms with E-state index in [1.54, 1.807) is 35.3 Å². The normalized spacial score (nSPS) is 17.5. The number of aromatic nitrogens is 2. The molecule has 0 spiro atoms. The summed E-state index contributed by atoms with van der Waals surface area (Å²) in [6, 6.07) is 4.93. The summed E-state index contributed by atoms with van der Waals surface area (Å²) in [6.07, 6.45) is 6.96. The third-order valence-electron chi connectivity index (χ3n) is 3.96. The first-order valence-electron chi connectivity index (χ1n) is 7.94. The van der Waals surface area contributed by atoms with Crippen LogP contribution in [0.4, 0.5) is 5.69 Å². The molecule has 1 N–H and O–H groups in total. The van der Waals surface area contributed by atoms with Crippen LogP contribution in [0.5, 0.6) is 5.75 Å². The standard InChI is InChI=1S/C17H20ClN3O3/c1-23-16-6-5-12(18)8-15(16)17(22)20-13-9-19-21(10-13)11-14-4-2-3-7-24-14/h5-6,8-10,14H,2-4,7,11H2,1H3,(H,20,22)/t14-/m1/s1. The SMILES string of the molecule is COc1ccc(Cl)cc1C(=O)Nc1cnn(C[C@H]2CCCCO2)c1. The van der Waals surface area contributed by atoms with E-state index >= 15 is 0 Å². The number of ether oxygens (including phenoxy) is 2. The summed E-state index contributed by atoms with van der Waals surface area (Å²) in [5.74, 6) is 0.183. The summed E-state index contributed by atoms with van der Waals surface area (Å²) in [5.41, 5.74) is 1.01. The fourth-order valence-electron chi connectivity index (χ4n) is 2.74. The lowest BCUT2D eigenvalue weighted by Gasteiger charge is -2.22. The number of carbonyl (C=O) groups is 1. The van der Waals surface area contributed by atoms with Crippen LogP contribution in [0.3, 0.4) is 0 Å². The Balaban J connectivity index is 1.66. The van der Waals surface area contributed by atoms with Gasteiger partial charge in [-0.1, -0.05) is 11.6 Å². The van der Waals surface area contributed by atoms with Crippen LogP contribution in [0, 0.1) is 0 Å². The van der Waals surface area contributed by atoms with E-state index in [9.17, 15) is 4.79 Å². The number of anilines is 1. The molecule has 1 atom stereocenters. The van der Waals surface area contributed by atoms with Crippen LogP contribution in [0.25, 0.3) is 0 Å². The molecule has 1 fully saturated rings. The average Bonchev–Trinajstić information content (AvgIpc) is 3.02. The quantitative estimate of drug-likeness (QED) is 0.898. The molecule has 1 saturated heterocycles. The van der Waals surface area contributed by atoms with Crippen LogP contribution >= 0.6 is 11.6 Å². The fourth-order valence-corrected chi connectivity index (χ4v) is 2.92. The maximum absolute atomic E-state index is 12.4. The summed E-state index contributed by atoms with van der Waals surface area (Å²) in [4.78, 5) is 12.4. The molecule has 6 nitrogen and oxygen atoms in total. The predicted molar refractivity (Wildman–Crippen MR) is 91.8 cm³/mol. The lowest BCUT2D eigenvalue weighted by atomic mass is 10.1. The van der Waals surface area contributed by atoms with Gasteiger partial charge in [0.25, 0.3) is 5.91 Å². The van der Waals surface area contributed by atoms with Crippen molar-refractivity contribution in [3.63, 3.8) is 0 Å². The van der Waals surface area contributed by atoms with E-state index in [4.69, 9.17) is 21.1 Å². The first kappa shape index (κ1) is 16.8. The summed E-state index contributed by atoms with van der Waals surface area (Å²) in [7, 11) is 1.52. The molecule has 1 aliphatic heterocycles. The van der Waals surface area contributed by atoms with Crippen LogP contribution in [-0.4, -0.2) is 35.5 Å². The van der Waals surface area contributed by atoms with Crippen molar-refractivity contribution >= 4 is 23.2 Å². The second-order valence-electron chi connectivity index (χ2n) is 5.74. The van der Waals surface area contributed by atoms with Crippen LogP contribution in [0.1, 0.15) is 29.6 Å². The number of hydrogen-bond donors (Lipinski definition) is 1. The van der Waals surface area contributed by atoms with Crippen LogP contribution in [0.2, 0.25) is 5.02 Å². The minimum Gasteiger partial charge on any atom is -0.496 e. The molecule has 3 rings (SSSR count). The molecule has 24 heavy (non-hydrogen) atoms. The van der Waals surface area contributed by atoms with Crippen molar-refractivity contribution in [3.05, 3.63) is 41.2 Å². The number of halogens is 1. The van der Waals surface area contributed by atoms with E-state index in [0.29, 0.717) is 28.6 Å². The van der Waals surface area contributed by atoms with Gasteiger partial charge in [0, 0.05) is 17.8 Å². The number of nitrogens with zero attached hydrogens (tertiary/aromatic N) is 2. The molecule has 0 aliphatic carbocycles. The highest BCUT2D eigenvalue weighted by Gasteiger charge is 2.16. The van der Waals surface area contributed by atoms with Crippen molar-refractivity contribution in [1.29, 1.82) is 0 Å². The first-order valence-corrected chi connectivity index (χ1v) is 8.32. The van der Waals surface area contributed by atoms with Gasteiger partial charge >= 0.3 is 0 Å². The second kappa shape index (κ2) is 7.68. The van der Waals surface area contributed by atoms with Gasteiger partial charge < -0.3 is 14.8 Å². The molecular formula is C17H20ClN3O3. The van der Waals surface area contributed by atoms with Crippen LogP contribution < -0.4 is 10.1 Å². The van der Waals surface area contributed by atoms with Gasteiger partial charge in [-0.2, -0.15) is 5.10 Å². The molecule has 1 amide bonds. The maximum atomic E-state index is 12.4. The topological polar surface area (TPSA) is 65.4 Å². The number of benzene rings is 1. The molecule has 2 aromatic rings. The largest absolute Gasteiger partial charge is 0.496 e. The van der Waals surface area contributed by atoms with Gasteiger partial charge in [0.15, 0.2) is 0 Å². The Morgan fingerprint density at radius 2 is 2.38 bits per heavy atom. The molecule has 1 aliphatic rings. The molecule has 0 unspecified atom stereocenters. The van der Waals surface area contributed by atoms with E-state index in [1.807, 2.05) is 0 Å². The number of carbonyl (C=O) groups excluding carboxylic acids is 1. The molecule has 1 aromatic carbocycles. The van der Waals surface area contributed by atoms with E-state index < -0.39 is 0 Å². The third-order valence-corrected chi connectivity index (χ3v) is 4.20. The second-order valence-corrected chi connectivity index (χ2v) is 6.17. The van der Waals surface area contributed by atoms with Crippen molar-refractivity contribution in [3.8, 4) is 5.75 Å². The number of nitrogens with one attached hydrogen (secondary N) is 1. The van der Waals surface area contributed by atoms with Gasteiger partial charge in [-0.15, -0.1) is 0 Å². The third kappa shape index (κ3) is 4.07. The van der Waals surface area contributed by atoms with Gasteiger partial charge in [-0.3, -0.25) is 9.48 Å². The molecule has 1 aromatic heterocycles. The fraction of sp³-hybridized carbons (Fsp3) is 0.412. The lowest BCUT2D eigenvalue weighted by molar-refractivity contribution is 0.00401. The van der Waals surface area contributed by atoms with Gasteiger partial charge in [0.2, 0.25) is 0 Å². The molecule has 0 bridgehead atoms. The molecule has 0 saturated carbocycles. The number of amides is 1. The minimum absolute atomic E-state index is 0.190. The summed E-state index contributed by atoms with van der Waals surface area (Å²) < 4.78 is 12.7. The summed E-state index contributed by atoms with van der Waals surface area (Å²) in [6.45, 7) is 1.50.